The molecule has 1 aliphatic heterocycles. The minimum Gasteiger partial charge on any atom is -0.490 e. The average molecular weight is 404 g/mol. The molecule has 6 heteroatoms. The van der Waals surface area contributed by atoms with Crippen molar-refractivity contribution in [3.63, 3.8) is 0 Å². The van der Waals surface area contributed by atoms with E-state index in [2.05, 4.69) is 21.6 Å². The molecule has 0 aromatic heterocycles. The molecule has 28 heavy (non-hydrogen) atoms. The lowest BCUT2D eigenvalue weighted by Crippen LogP contribution is -2.45. The molecule has 2 aromatic carbocycles. The molecule has 1 saturated heterocycles. The van der Waals surface area contributed by atoms with E-state index in [0.717, 1.165) is 68.4 Å². The van der Waals surface area contributed by atoms with E-state index in [1.807, 2.05) is 43.3 Å². The predicted molar refractivity (Wildman–Crippen MR) is 114 cm³/mol. The van der Waals surface area contributed by atoms with E-state index in [0.29, 0.717) is 18.2 Å². The van der Waals surface area contributed by atoms with Crippen molar-refractivity contribution in [1.82, 2.24) is 15.5 Å². The maximum atomic E-state index is 6.27. The molecule has 2 N–H and O–H groups in total. The maximum Gasteiger partial charge on any atom is 0.166 e. The smallest absolute Gasteiger partial charge is 0.166 e. The van der Waals surface area contributed by atoms with E-state index < -0.39 is 0 Å². The second-order valence-corrected chi connectivity index (χ2v) is 7.23. The van der Waals surface area contributed by atoms with Crippen LogP contribution in [0.2, 0.25) is 5.02 Å². The summed E-state index contributed by atoms with van der Waals surface area (Å²) in [7, 11) is 0. The van der Waals surface area contributed by atoms with Gasteiger partial charge in [0.2, 0.25) is 0 Å². The van der Waals surface area contributed by atoms with Gasteiger partial charge in [-0.15, -0.1) is 0 Å². The Balaban J connectivity index is 1.60. The Morgan fingerprint density at radius 1 is 1.04 bits per heavy atom. The summed E-state index contributed by atoms with van der Waals surface area (Å²) in [6, 6.07) is 13.8. The van der Waals surface area contributed by atoms with E-state index in [1.54, 1.807) is 0 Å². The number of rotatable bonds is 10. The lowest BCUT2D eigenvalue weighted by molar-refractivity contribution is 0.240. The van der Waals surface area contributed by atoms with Gasteiger partial charge in [-0.2, -0.15) is 0 Å². The topological polar surface area (TPSA) is 45.8 Å². The number of piperazine rings is 1. The molecule has 0 radical (unpaired) electrons. The zero-order chi connectivity index (χ0) is 19.6. The number of nitrogens with one attached hydrogen (secondary N) is 2. The van der Waals surface area contributed by atoms with Crippen LogP contribution in [0, 0.1) is 0 Å². The molecule has 0 spiro atoms. The van der Waals surface area contributed by atoms with E-state index in [-0.39, 0.29) is 0 Å². The van der Waals surface area contributed by atoms with Crippen LogP contribution in [0.4, 0.5) is 0 Å². The molecular formula is C22H30ClN3O2. The largest absolute Gasteiger partial charge is 0.490 e. The summed E-state index contributed by atoms with van der Waals surface area (Å²) >= 11 is 6.27. The molecule has 1 fully saturated rings. The van der Waals surface area contributed by atoms with Crippen LogP contribution in [-0.2, 0) is 13.2 Å². The fraction of sp³-hybridized carbons (Fsp3) is 0.455. The Kier molecular flexibility index (Phi) is 8.42. The van der Waals surface area contributed by atoms with Crippen molar-refractivity contribution >= 4 is 11.6 Å². The maximum absolute atomic E-state index is 6.27. The lowest BCUT2D eigenvalue weighted by Gasteiger charge is -2.27. The first-order valence-corrected chi connectivity index (χ1v) is 10.4. The van der Waals surface area contributed by atoms with E-state index >= 15 is 0 Å². The van der Waals surface area contributed by atoms with Gasteiger partial charge >= 0.3 is 0 Å². The first-order chi connectivity index (χ1) is 13.8. The number of benzene rings is 2. The molecule has 0 amide bonds. The molecular weight excluding hydrogens is 374 g/mol. The van der Waals surface area contributed by atoms with Gasteiger partial charge in [0.25, 0.3) is 0 Å². The summed E-state index contributed by atoms with van der Waals surface area (Å²) in [6.07, 6.45) is 0. The number of para-hydroxylation sites is 1. The highest BCUT2D eigenvalue weighted by molar-refractivity contribution is 6.31. The molecule has 0 unspecified atom stereocenters. The van der Waals surface area contributed by atoms with Crippen LogP contribution in [0.1, 0.15) is 18.1 Å². The fourth-order valence-corrected chi connectivity index (χ4v) is 3.48. The lowest BCUT2D eigenvalue weighted by atomic mass is 10.1. The van der Waals surface area contributed by atoms with Crippen molar-refractivity contribution in [1.29, 1.82) is 0 Å². The van der Waals surface area contributed by atoms with Crippen LogP contribution in [-0.4, -0.2) is 50.8 Å². The third kappa shape index (κ3) is 6.11. The van der Waals surface area contributed by atoms with E-state index in [1.165, 1.54) is 0 Å². The van der Waals surface area contributed by atoms with Crippen molar-refractivity contribution < 1.29 is 9.47 Å². The van der Waals surface area contributed by atoms with Crippen LogP contribution >= 0.6 is 11.6 Å². The van der Waals surface area contributed by atoms with Crippen LogP contribution in [0.25, 0.3) is 0 Å². The molecule has 0 saturated carbocycles. The van der Waals surface area contributed by atoms with Gasteiger partial charge in [-0.25, -0.2) is 0 Å². The Morgan fingerprint density at radius 3 is 2.61 bits per heavy atom. The van der Waals surface area contributed by atoms with Gasteiger partial charge in [0.1, 0.15) is 6.61 Å². The molecule has 1 heterocycles. The summed E-state index contributed by atoms with van der Waals surface area (Å²) in [6.45, 7) is 10.1. The Morgan fingerprint density at radius 2 is 1.82 bits per heavy atom. The molecule has 3 rings (SSSR count). The van der Waals surface area contributed by atoms with Gasteiger partial charge in [0.15, 0.2) is 11.5 Å². The molecule has 0 bridgehead atoms. The van der Waals surface area contributed by atoms with Crippen molar-refractivity contribution in [3.8, 4) is 11.5 Å². The highest BCUT2D eigenvalue weighted by atomic mass is 35.5. The summed E-state index contributed by atoms with van der Waals surface area (Å²) < 4.78 is 12.0. The van der Waals surface area contributed by atoms with Crippen molar-refractivity contribution in [2.24, 2.45) is 0 Å². The summed E-state index contributed by atoms with van der Waals surface area (Å²) in [4.78, 5) is 2.48. The summed E-state index contributed by atoms with van der Waals surface area (Å²) in [5.41, 5.74) is 2.06. The highest BCUT2D eigenvalue weighted by Gasteiger charge is 2.13. The zero-order valence-electron chi connectivity index (χ0n) is 16.5. The van der Waals surface area contributed by atoms with Crippen LogP contribution < -0.4 is 20.1 Å². The number of halogens is 1. The minimum absolute atomic E-state index is 0.414. The number of hydrogen-bond acceptors (Lipinski definition) is 5. The van der Waals surface area contributed by atoms with Gasteiger partial charge < -0.3 is 20.1 Å². The van der Waals surface area contributed by atoms with Crippen LogP contribution in [0.15, 0.2) is 42.5 Å². The standard InChI is InChI=1S/C22H30ClN3O2/c1-2-27-21-9-5-7-18(16-25-12-15-26-13-10-24-11-14-26)22(21)28-17-19-6-3-4-8-20(19)23/h3-9,24-25H,2,10-17H2,1H3. The third-order valence-corrected chi connectivity index (χ3v) is 5.19. The molecule has 0 aliphatic carbocycles. The molecule has 152 valence electrons. The van der Waals surface area contributed by atoms with Gasteiger partial charge in [0, 0.05) is 62.0 Å². The summed E-state index contributed by atoms with van der Waals surface area (Å²) in [5.74, 6) is 1.56. The number of ether oxygens (including phenoxy) is 2. The van der Waals surface area contributed by atoms with Crippen LogP contribution in [0.3, 0.4) is 0 Å². The Labute approximate surface area is 173 Å². The Hall–Kier alpha value is -1.79. The van der Waals surface area contributed by atoms with Gasteiger partial charge in [-0.1, -0.05) is 41.9 Å². The van der Waals surface area contributed by atoms with E-state index in [4.69, 9.17) is 21.1 Å². The molecule has 1 aliphatic rings. The van der Waals surface area contributed by atoms with Crippen molar-refractivity contribution in [2.45, 2.75) is 20.1 Å². The van der Waals surface area contributed by atoms with Crippen molar-refractivity contribution in [3.05, 3.63) is 58.6 Å². The normalized spacial score (nSPS) is 14.8. The van der Waals surface area contributed by atoms with E-state index in [9.17, 15) is 0 Å². The van der Waals surface area contributed by atoms with Gasteiger partial charge in [-0.05, 0) is 19.1 Å². The zero-order valence-corrected chi connectivity index (χ0v) is 17.3. The molecule has 0 atom stereocenters. The van der Waals surface area contributed by atoms with Crippen LogP contribution in [0.5, 0.6) is 11.5 Å². The second-order valence-electron chi connectivity index (χ2n) is 6.83. The predicted octanol–water partition coefficient (Wildman–Crippen LogP) is 3.31. The minimum atomic E-state index is 0.414. The summed E-state index contributed by atoms with van der Waals surface area (Å²) in [5, 5.41) is 7.65. The van der Waals surface area contributed by atoms with Gasteiger partial charge in [-0.3, -0.25) is 4.90 Å². The molecule has 2 aromatic rings. The highest BCUT2D eigenvalue weighted by Crippen LogP contribution is 2.32. The quantitative estimate of drug-likeness (QED) is 0.596. The fourth-order valence-electron chi connectivity index (χ4n) is 3.29. The third-order valence-electron chi connectivity index (χ3n) is 4.82. The number of hydrogen-bond donors (Lipinski definition) is 2. The first-order valence-electron chi connectivity index (χ1n) is 10.0. The first kappa shape index (κ1) is 20.9. The van der Waals surface area contributed by atoms with Crippen molar-refractivity contribution in [2.75, 3.05) is 45.9 Å². The Bertz CT molecular complexity index is 735. The molecule has 5 nitrogen and oxygen atoms in total. The average Bonchev–Trinajstić information content (AvgIpc) is 2.73. The number of nitrogens with zero attached hydrogens (tertiary/aromatic N) is 1. The second kappa shape index (κ2) is 11.3. The van der Waals surface area contributed by atoms with Gasteiger partial charge in [0.05, 0.1) is 6.61 Å². The monoisotopic (exact) mass is 403 g/mol. The SMILES string of the molecule is CCOc1cccc(CNCCN2CCNCC2)c1OCc1ccccc1Cl.